The monoisotopic (exact) mass is 306 g/mol. The Morgan fingerprint density at radius 3 is 2.56 bits per heavy atom. The van der Waals surface area contributed by atoms with Crippen molar-refractivity contribution in [3.63, 3.8) is 0 Å². The summed E-state index contributed by atoms with van der Waals surface area (Å²) in [6.45, 7) is 6.54. The Bertz CT molecular complexity index is 357. The number of benzene rings is 1. The molecule has 1 atom stereocenters. The van der Waals surface area contributed by atoms with Crippen molar-refractivity contribution in [2.24, 2.45) is 5.41 Å². The molecule has 0 heterocycles. The largest absolute Gasteiger partial charge is 0.207 e. The van der Waals surface area contributed by atoms with E-state index in [2.05, 4.69) is 36.7 Å². The van der Waals surface area contributed by atoms with Crippen molar-refractivity contribution in [3.8, 4) is 0 Å². The summed E-state index contributed by atoms with van der Waals surface area (Å²) in [5.41, 5.74) is 1.09. The van der Waals surface area contributed by atoms with Gasteiger partial charge in [0.1, 0.15) is 5.82 Å². The first-order valence-corrected chi connectivity index (χ1v) is 6.68. The van der Waals surface area contributed by atoms with Crippen LogP contribution >= 0.6 is 27.5 Å². The molecular formula is C13H17BrClF. The van der Waals surface area contributed by atoms with Crippen LogP contribution in [0.5, 0.6) is 0 Å². The van der Waals surface area contributed by atoms with Crippen LogP contribution in [-0.4, -0.2) is 4.83 Å². The molecule has 90 valence electrons. The topological polar surface area (TPSA) is 0 Å². The van der Waals surface area contributed by atoms with Crippen molar-refractivity contribution in [3.05, 3.63) is 34.6 Å². The smallest absolute Gasteiger partial charge is 0.123 e. The number of halogens is 3. The number of rotatable bonds is 3. The van der Waals surface area contributed by atoms with Gasteiger partial charge in [-0.25, -0.2) is 4.39 Å². The van der Waals surface area contributed by atoms with Gasteiger partial charge in [0.15, 0.2) is 0 Å². The Labute approximate surface area is 110 Å². The normalized spacial score (nSPS) is 13.9. The maximum Gasteiger partial charge on any atom is 0.123 e. The predicted octanol–water partition coefficient (Wildman–Crippen LogP) is 5.22. The van der Waals surface area contributed by atoms with Crippen molar-refractivity contribution in [2.75, 3.05) is 0 Å². The van der Waals surface area contributed by atoms with Gasteiger partial charge >= 0.3 is 0 Å². The average Bonchev–Trinajstić information content (AvgIpc) is 2.17. The molecule has 0 aliphatic rings. The summed E-state index contributed by atoms with van der Waals surface area (Å²) in [7, 11) is 0. The zero-order valence-corrected chi connectivity index (χ0v) is 12.2. The summed E-state index contributed by atoms with van der Waals surface area (Å²) in [4.78, 5) is 0.402. The standard InChI is InChI=1S/C13H17BrClF/c1-13(2,3)12(14)7-4-9-8-10(16)5-6-11(9)15/h5-6,8,12H,4,7H2,1-3H3. The highest BCUT2D eigenvalue weighted by molar-refractivity contribution is 9.09. The second-order valence-corrected chi connectivity index (χ2v) is 6.62. The second kappa shape index (κ2) is 5.50. The van der Waals surface area contributed by atoms with Gasteiger partial charge < -0.3 is 0 Å². The van der Waals surface area contributed by atoms with Crippen molar-refractivity contribution in [2.45, 2.75) is 38.4 Å². The molecular weight excluding hydrogens is 290 g/mol. The van der Waals surface area contributed by atoms with E-state index in [1.165, 1.54) is 12.1 Å². The Balaban J connectivity index is 2.64. The SMILES string of the molecule is CC(C)(C)C(Br)CCc1cc(F)ccc1Cl. The highest BCUT2D eigenvalue weighted by Gasteiger charge is 2.21. The van der Waals surface area contributed by atoms with Gasteiger partial charge in [-0.05, 0) is 42.0 Å². The first kappa shape index (κ1) is 14.0. The van der Waals surface area contributed by atoms with Crippen molar-refractivity contribution < 1.29 is 4.39 Å². The molecule has 1 aromatic carbocycles. The molecule has 0 spiro atoms. The summed E-state index contributed by atoms with van der Waals surface area (Å²) in [6, 6.07) is 4.53. The van der Waals surface area contributed by atoms with Gasteiger partial charge in [0, 0.05) is 9.85 Å². The van der Waals surface area contributed by atoms with E-state index in [1.54, 1.807) is 6.07 Å². The maximum absolute atomic E-state index is 13.0. The number of alkyl halides is 1. The van der Waals surface area contributed by atoms with Gasteiger partial charge in [0.25, 0.3) is 0 Å². The zero-order valence-electron chi connectivity index (χ0n) is 9.86. The number of hydrogen-bond acceptors (Lipinski definition) is 0. The molecule has 0 radical (unpaired) electrons. The number of aryl methyl sites for hydroxylation is 1. The lowest BCUT2D eigenvalue weighted by molar-refractivity contribution is 0.385. The highest BCUT2D eigenvalue weighted by atomic mass is 79.9. The van der Waals surface area contributed by atoms with Crippen molar-refractivity contribution >= 4 is 27.5 Å². The van der Waals surface area contributed by atoms with Crippen LogP contribution < -0.4 is 0 Å². The minimum absolute atomic E-state index is 0.208. The van der Waals surface area contributed by atoms with Gasteiger partial charge in [-0.2, -0.15) is 0 Å². The van der Waals surface area contributed by atoms with E-state index >= 15 is 0 Å². The van der Waals surface area contributed by atoms with Crippen LogP contribution in [0.4, 0.5) is 4.39 Å². The van der Waals surface area contributed by atoms with Crippen LogP contribution in [0.2, 0.25) is 5.02 Å². The van der Waals surface area contributed by atoms with Crippen LogP contribution in [0.15, 0.2) is 18.2 Å². The Morgan fingerprint density at radius 2 is 2.00 bits per heavy atom. The lowest BCUT2D eigenvalue weighted by atomic mass is 9.89. The third kappa shape index (κ3) is 4.06. The lowest BCUT2D eigenvalue weighted by Crippen LogP contribution is -2.20. The molecule has 3 heteroatoms. The van der Waals surface area contributed by atoms with Crippen LogP contribution in [-0.2, 0) is 6.42 Å². The van der Waals surface area contributed by atoms with Crippen molar-refractivity contribution in [1.29, 1.82) is 0 Å². The third-order valence-electron chi connectivity index (χ3n) is 2.61. The summed E-state index contributed by atoms with van der Waals surface area (Å²) in [5, 5.41) is 0.648. The Kier molecular flexibility index (Phi) is 4.81. The molecule has 0 N–H and O–H groups in total. The van der Waals surface area contributed by atoms with Gasteiger partial charge in [-0.1, -0.05) is 48.3 Å². The predicted molar refractivity (Wildman–Crippen MR) is 71.9 cm³/mol. The lowest BCUT2D eigenvalue weighted by Gasteiger charge is -2.25. The summed E-state index contributed by atoms with van der Waals surface area (Å²) in [5.74, 6) is -0.221. The molecule has 0 saturated heterocycles. The molecule has 0 fully saturated rings. The summed E-state index contributed by atoms with van der Waals surface area (Å²) in [6.07, 6.45) is 1.75. The molecule has 0 aliphatic carbocycles. The fourth-order valence-corrected chi connectivity index (χ4v) is 1.89. The molecule has 16 heavy (non-hydrogen) atoms. The molecule has 0 nitrogen and oxygen atoms in total. The first-order chi connectivity index (χ1) is 7.30. The van der Waals surface area contributed by atoms with Gasteiger partial charge in [0.05, 0.1) is 0 Å². The molecule has 0 saturated carbocycles. The van der Waals surface area contributed by atoms with E-state index in [-0.39, 0.29) is 11.2 Å². The van der Waals surface area contributed by atoms with Gasteiger partial charge in [-0.15, -0.1) is 0 Å². The van der Waals surface area contributed by atoms with Crippen LogP contribution in [0, 0.1) is 11.2 Å². The molecule has 0 amide bonds. The Hall–Kier alpha value is -0.0800. The minimum atomic E-state index is -0.221. The molecule has 1 unspecified atom stereocenters. The van der Waals surface area contributed by atoms with E-state index in [1.807, 2.05) is 0 Å². The van der Waals surface area contributed by atoms with Crippen LogP contribution in [0.25, 0.3) is 0 Å². The number of hydrogen-bond donors (Lipinski definition) is 0. The fourth-order valence-electron chi connectivity index (χ4n) is 1.45. The average molecular weight is 308 g/mol. The summed E-state index contributed by atoms with van der Waals surface area (Å²) >= 11 is 9.67. The van der Waals surface area contributed by atoms with E-state index in [0.717, 1.165) is 18.4 Å². The van der Waals surface area contributed by atoms with E-state index in [9.17, 15) is 4.39 Å². The third-order valence-corrected chi connectivity index (χ3v) is 4.81. The molecule has 0 aromatic heterocycles. The van der Waals surface area contributed by atoms with Crippen LogP contribution in [0.3, 0.4) is 0 Å². The van der Waals surface area contributed by atoms with E-state index < -0.39 is 0 Å². The van der Waals surface area contributed by atoms with E-state index in [4.69, 9.17) is 11.6 Å². The fraction of sp³-hybridized carbons (Fsp3) is 0.538. The quantitative estimate of drug-likeness (QED) is 0.671. The molecule has 0 bridgehead atoms. The van der Waals surface area contributed by atoms with Crippen LogP contribution in [0.1, 0.15) is 32.8 Å². The minimum Gasteiger partial charge on any atom is -0.207 e. The summed E-state index contributed by atoms with van der Waals surface area (Å²) < 4.78 is 13.0. The Morgan fingerprint density at radius 1 is 1.38 bits per heavy atom. The molecule has 1 aromatic rings. The second-order valence-electron chi connectivity index (χ2n) is 5.11. The van der Waals surface area contributed by atoms with E-state index in [0.29, 0.717) is 9.85 Å². The highest BCUT2D eigenvalue weighted by Crippen LogP contribution is 2.30. The zero-order chi connectivity index (χ0) is 12.3. The molecule has 0 aliphatic heterocycles. The van der Waals surface area contributed by atoms with Gasteiger partial charge in [-0.3, -0.25) is 0 Å². The maximum atomic E-state index is 13.0. The first-order valence-electron chi connectivity index (χ1n) is 5.38. The van der Waals surface area contributed by atoms with Crippen molar-refractivity contribution in [1.82, 2.24) is 0 Å². The molecule has 1 rings (SSSR count). The van der Waals surface area contributed by atoms with Gasteiger partial charge in [0.2, 0.25) is 0 Å².